The Morgan fingerprint density at radius 1 is 2.00 bits per heavy atom. The van der Waals surface area contributed by atoms with Crippen molar-refractivity contribution in [1.82, 2.24) is 15.0 Å². The third kappa shape index (κ3) is 0.381. The lowest BCUT2D eigenvalue weighted by molar-refractivity contribution is 0.715. The van der Waals surface area contributed by atoms with E-state index in [1.54, 1.807) is 0 Å². The van der Waals surface area contributed by atoms with Gasteiger partial charge in [-0.1, -0.05) is 5.21 Å². The first-order valence-electron chi connectivity index (χ1n) is 2.97. The maximum Gasteiger partial charge on any atom is 0.0692 e. The number of aromatic nitrogens is 3. The molecule has 0 spiro atoms. The van der Waals surface area contributed by atoms with E-state index >= 15 is 0 Å². The zero-order valence-corrected chi connectivity index (χ0v) is 3.00. The number of hydrogen-bond donors (Lipinski definition) is 0. The predicted octanol–water partition coefficient (Wildman–Crippen LogP) is -0.185. The quantitative estimate of drug-likeness (QED) is 0.438. The summed E-state index contributed by atoms with van der Waals surface area (Å²) in [6.45, 7) is -2.18. The van der Waals surface area contributed by atoms with Crippen LogP contribution < -0.4 is 0 Å². The van der Waals surface area contributed by atoms with Crippen LogP contribution in [0.3, 0.4) is 0 Å². The highest BCUT2D eigenvalue weighted by Gasteiger charge is 1.70. The second-order valence-electron chi connectivity index (χ2n) is 0.848. The van der Waals surface area contributed by atoms with Crippen molar-refractivity contribution in [2.45, 2.75) is 0 Å². The van der Waals surface area contributed by atoms with Crippen molar-refractivity contribution >= 4 is 0 Å². The molecule has 6 heavy (non-hydrogen) atoms. The molecule has 0 aliphatic heterocycles. The maximum absolute atomic E-state index is 6.78. The van der Waals surface area contributed by atoms with E-state index in [9.17, 15) is 0 Å². The molecule has 0 aromatic carbocycles. The van der Waals surface area contributed by atoms with E-state index in [2.05, 4.69) is 10.3 Å². The molecule has 0 radical (unpaired) electrons. The Morgan fingerprint density at radius 2 is 3.00 bits per heavy atom. The molecule has 0 atom stereocenters. The fourth-order valence-electron chi connectivity index (χ4n) is 0.208. The minimum absolute atomic E-state index is 0.826. The van der Waals surface area contributed by atoms with Crippen LogP contribution in [0.25, 0.3) is 0 Å². The van der Waals surface area contributed by atoms with Gasteiger partial charge in [0.15, 0.2) is 0 Å². The molecule has 3 nitrogen and oxygen atoms in total. The van der Waals surface area contributed by atoms with Crippen LogP contribution in [0.2, 0.25) is 0 Å². The number of aryl methyl sites for hydroxylation is 1. The smallest absolute Gasteiger partial charge is 0.0692 e. The van der Waals surface area contributed by atoms with Crippen molar-refractivity contribution in [2.24, 2.45) is 6.98 Å². The average molecular weight is 86.1 g/mol. The Balaban J connectivity index is 2.90. The Morgan fingerprint density at radius 3 is 3.33 bits per heavy atom. The van der Waals surface area contributed by atoms with Gasteiger partial charge >= 0.3 is 0 Å². The highest BCUT2D eigenvalue weighted by molar-refractivity contribution is 4.59. The lowest BCUT2D eigenvalue weighted by Crippen LogP contribution is -1.85. The summed E-state index contributed by atoms with van der Waals surface area (Å²) < 4.78 is 21.2. The van der Waals surface area contributed by atoms with Gasteiger partial charge in [-0.2, -0.15) is 0 Å². The van der Waals surface area contributed by atoms with Gasteiger partial charge in [0.25, 0.3) is 0 Å². The van der Waals surface area contributed by atoms with E-state index in [0.29, 0.717) is 0 Å². The van der Waals surface area contributed by atoms with Crippen LogP contribution in [0.1, 0.15) is 4.11 Å². The first-order valence-corrected chi connectivity index (χ1v) is 1.47. The molecule has 0 saturated heterocycles. The molecule has 0 bridgehead atoms. The van der Waals surface area contributed by atoms with E-state index in [-0.39, 0.29) is 0 Å². The van der Waals surface area contributed by atoms with Gasteiger partial charge in [0.05, 0.1) is 6.20 Å². The molecule has 0 aliphatic rings. The summed E-state index contributed by atoms with van der Waals surface area (Å²) >= 11 is 0. The highest BCUT2D eigenvalue weighted by Crippen LogP contribution is 1.66. The van der Waals surface area contributed by atoms with Crippen LogP contribution in [-0.2, 0) is 6.98 Å². The van der Waals surface area contributed by atoms with Gasteiger partial charge in [0, 0.05) is 17.3 Å². The second kappa shape index (κ2) is 1.08. The van der Waals surface area contributed by atoms with Crippen LogP contribution in [-0.4, -0.2) is 15.0 Å². The molecule has 1 aromatic heterocycles. The molecule has 32 valence electrons. The second-order valence-corrected chi connectivity index (χ2v) is 0.848. The maximum atomic E-state index is 6.78. The van der Waals surface area contributed by atoms with Crippen LogP contribution in [0.15, 0.2) is 12.4 Å². The van der Waals surface area contributed by atoms with Crippen LogP contribution >= 0.6 is 0 Å². The van der Waals surface area contributed by atoms with Gasteiger partial charge in [-0.05, 0) is 0 Å². The fourth-order valence-corrected chi connectivity index (χ4v) is 0.208. The summed E-state index contributed by atoms with van der Waals surface area (Å²) in [5.41, 5.74) is 0. The van der Waals surface area contributed by atoms with Crippen molar-refractivity contribution in [3.05, 3.63) is 12.4 Å². The molecule has 0 fully saturated rings. The molecular formula is C3H5N3. The Kier molecular flexibility index (Phi) is 0.240. The molecule has 1 rings (SSSR count). The van der Waals surface area contributed by atoms with Crippen molar-refractivity contribution in [3.63, 3.8) is 0 Å². The highest BCUT2D eigenvalue weighted by atomic mass is 15.4. The Labute approximate surface area is 39.8 Å². The summed E-state index contributed by atoms with van der Waals surface area (Å²) in [5.74, 6) is 0. The summed E-state index contributed by atoms with van der Waals surface area (Å²) in [6, 6.07) is 0. The summed E-state index contributed by atoms with van der Waals surface area (Å²) in [4.78, 5) is 0. The van der Waals surface area contributed by atoms with Crippen LogP contribution in [0, 0.1) is 0 Å². The van der Waals surface area contributed by atoms with Crippen LogP contribution in [0.5, 0.6) is 0 Å². The van der Waals surface area contributed by atoms with Crippen molar-refractivity contribution < 1.29 is 4.11 Å². The molecule has 0 N–H and O–H groups in total. The Hall–Kier alpha value is -0.860. The van der Waals surface area contributed by atoms with E-state index in [0.717, 1.165) is 4.68 Å². The average Bonchev–Trinajstić information content (AvgIpc) is 2.08. The lowest BCUT2D eigenvalue weighted by Gasteiger charge is -1.74. The van der Waals surface area contributed by atoms with Gasteiger partial charge in [-0.25, -0.2) is 0 Å². The van der Waals surface area contributed by atoms with E-state index in [1.165, 1.54) is 12.4 Å². The van der Waals surface area contributed by atoms with E-state index < -0.39 is 6.98 Å². The van der Waals surface area contributed by atoms with Gasteiger partial charge in [-0.3, -0.25) is 4.68 Å². The van der Waals surface area contributed by atoms with Crippen LogP contribution in [0.4, 0.5) is 0 Å². The minimum Gasteiger partial charge on any atom is -0.256 e. The zero-order valence-electron chi connectivity index (χ0n) is 6.00. The van der Waals surface area contributed by atoms with E-state index in [1.807, 2.05) is 0 Å². The predicted molar refractivity (Wildman–Crippen MR) is 21.0 cm³/mol. The minimum atomic E-state index is -2.18. The molecule has 0 amide bonds. The number of hydrogen-bond acceptors (Lipinski definition) is 2. The zero-order chi connectivity index (χ0) is 6.91. The molecule has 0 saturated carbocycles. The molecule has 1 heterocycles. The van der Waals surface area contributed by atoms with Crippen molar-refractivity contribution in [3.8, 4) is 0 Å². The lowest BCUT2D eigenvalue weighted by atomic mass is 10.9. The molecule has 1 aromatic rings. The van der Waals surface area contributed by atoms with Crippen molar-refractivity contribution in [2.75, 3.05) is 0 Å². The first-order chi connectivity index (χ1) is 4.11. The largest absolute Gasteiger partial charge is 0.256 e. The monoisotopic (exact) mass is 86.1 g/mol. The normalized spacial score (nSPS) is 18.3. The molecule has 0 aliphatic carbocycles. The topological polar surface area (TPSA) is 30.7 Å². The number of nitrogens with zero attached hydrogens (tertiary/aromatic N) is 3. The van der Waals surface area contributed by atoms with Crippen molar-refractivity contribution in [1.29, 1.82) is 0 Å². The number of rotatable bonds is 0. The third-order valence-corrected chi connectivity index (χ3v) is 0.423. The summed E-state index contributed by atoms with van der Waals surface area (Å²) in [6.07, 6.45) is 2.62. The SMILES string of the molecule is [2H]C([2H])([2H])n1ccnn1. The fraction of sp³-hybridized carbons (Fsp3) is 0.333. The molecular weight excluding hydrogens is 78.1 g/mol. The molecule has 3 heteroatoms. The Bertz CT molecular complexity index is 177. The molecule has 0 unspecified atom stereocenters. The van der Waals surface area contributed by atoms with E-state index in [4.69, 9.17) is 4.11 Å². The van der Waals surface area contributed by atoms with Gasteiger partial charge in [-0.15, -0.1) is 5.10 Å². The third-order valence-electron chi connectivity index (χ3n) is 0.423. The van der Waals surface area contributed by atoms with Gasteiger partial charge in [0.2, 0.25) is 0 Å². The van der Waals surface area contributed by atoms with Gasteiger partial charge in [0.1, 0.15) is 0 Å². The van der Waals surface area contributed by atoms with Gasteiger partial charge < -0.3 is 0 Å². The standard InChI is InChI=1S/C3H5N3/c1-6-3-2-4-5-6/h2-3H,1H3/i1D3. The summed E-state index contributed by atoms with van der Waals surface area (Å²) in [5, 5.41) is 6.63. The summed E-state index contributed by atoms with van der Waals surface area (Å²) in [7, 11) is 0. The first kappa shape index (κ1) is 1.33.